The first-order valence-electron chi connectivity index (χ1n) is 18.5. The van der Waals surface area contributed by atoms with Crippen molar-refractivity contribution in [3.8, 4) is 0 Å². The zero-order valence-electron chi connectivity index (χ0n) is 29.3. The topological polar surface area (TPSA) is 35.1 Å². The smallest absolute Gasteiger partial charge is 0.145 e. The molecule has 7 aromatic carbocycles. The lowest BCUT2D eigenvalue weighted by atomic mass is 9.86. The van der Waals surface area contributed by atoms with Gasteiger partial charge in [0.1, 0.15) is 22.3 Å². The Hall–Kier alpha value is -6.26. The monoisotopic (exact) mass is 668 g/mol. The minimum Gasteiger partial charge on any atom is -0.455 e. The number of furan rings is 2. The second kappa shape index (κ2) is 8.96. The van der Waals surface area contributed by atoms with Crippen LogP contribution >= 0.6 is 0 Å². The van der Waals surface area contributed by atoms with E-state index in [0.717, 1.165) is 33.1 Å². The molecule has 0 aliphatic heterocycles. The zero-order valence-corrected chi connectivity index (χ0v) is 29.3. The van der Waals surface area contributed by atoms with Crippen LogP contribution < -0.4 is 0 Å². The highest BCUT2D eigenvalue weighted by atomic mass is 16.3. The maximum Gasteiger partial charge on any atom is 0.145 e. The summed E-state index contributed by atoms with van der Waals surface area (Å²) in [6.07, 6.45) is 0. The van der Waals surface area contributed by atoms with Gasteiger partial charge < -0.3 is 17.6 Å². The van der Waals surface area contributed by atoms with Gasteiger partial charge in [0.2, 0.25) is 0 Å². The molecule has 0 N–H and O–H groups in total. The van der Waals surface area contributed by atoms with E-state index in [1.807, 2.05) is 0 Å². The first-order chi connectivity index (χ1) is 25.5. The van der Waals surface area contributed by atoms with Gasteiger partial charge in [0.15, 0.2) is 0 Å². The minimum absolute atomic E-state index is 0.251. The Bertz CT molecular complexity index is 3450. The third kappa shape index (κ3) is 2.91. The molecular formula is C48H32N2O2. The summed E-state index contributed by atoms with van der Waals surface area (Å²) in [6, 6.07) is 39.8. The molecule has 0 radical (unpaired) electrons. The van der Waals surface area contributed by atoms with E-state index < -0.39 is 0 Å². The average molecular weight is 669 g/mol. The predicted octanol–water partition coefficient (Wildman–Crippen LogP) is 14.0. The first kappa shape index (κ1) is 27.5. The number of aromatic nitrogens is 2. The summed E-state index contributed by atoms with van der Waals surface area (Å²) in [6.45, 7) is 9.52. The lowest BCUT2D eigenvalue weighted by molar-refractivity contribution is 0.672. The average Bonchev–Trinajstić information content (AvgIpc) is 3.99. The highest BCUT2D eigenvalue weighted by Gasteiger charge is 2.33. The Morgan fingerprint density at radius 1 is 0.385 bits per heavy atom. The number of benzene rings is 7. The van der Waals surface area contributed by atoms with Crippen molar-refractivity contribution in [1.82, 2.24) is 8.80 Å². The lowest BCUT2D eigenvalue weighted by Gasteiger charge is -2.19. The number of hydrogen-bond donors (Lipinski definition) is 0. The second-order valence-electron chi connectivity index (χ2n) is 15.5. The van der Waals surface area contributed by atoms with Gasteiger partial charge in [0, 0.05) is 53.9 Å². The molecule has 0 unspecified atom stereocenters. The summed E-state index contributed by atoms with van der Waals surface area (Å²) in [5.74, 6) is 0.501. The SMILES string of the molecule is CC(C)c1c2c3cc4c5ccccc5oc4c4c5ccccc5n(c2c(C(C)C)c2c5cc6c7ccccc7oc6c6c7ccccc7n(c12)c56)c34. The standard InChI is InChI=1S/C48H32N2O2/c1-23(2)37-39-31-21-29-25-13-7-11-19-35(25)51-47(29)41-28-16-6-10-18-34(28)50(43(31)41)46(39)38(24(3)4)40-32-22-30-26-14-8-12-20-36(26)52-48(30)42-27-15-5-9-17-33(27)49(44(32)42)45(37)40/h5-24H,1-4H3. The third-order valence-electron chi connectivity index (χ3n) is 12.2. The number of para-hydroxylation sites is 4. The molecule has 0 spiro atoms. The van der Waals surface area contributed by atoms with E-state index in [1.165, 1.54) is 98.1 Å². The van der Waals surface area contributed by atoms with Crippen LogP contribution in [0.4, 0.5) is 0 Å². The van der Waals surface area contributed by atoms with E-state index in [2.05, 4.69) is 146 Å². The van der Waals surface area contributed by atoms with Gasteiger partial charge in [-0.2, -0.15) is 0 Å². The van der Waals surface area contributed by atoms with Crippen LogP contribution in [0.25, 0.3) is 120 Å². The normalized spacial score (nSPS) is 13.3. The fraction of sp³-hybridized carbons (Fsp3) is 0.125. The molecule has 52 heavy (non-hydrogen) atoms. The molecule has 0 bridgehead atoms. The lowest BCUT2D eigenvalue weighted by Crippen LogP contribution is -2.00. The molecule has 6 aromatic heterocycles. The Morgan fingerprint density at radius 3 is 1.19 bits per heavy atom. The van der Waals surface area contributed by atoms with Crippen LogP contribution in [0.2, 0.25) is 0 Å². The number of rotatable bonds is 2. The fourth-order valence-corrected chi connectivity index (χ4v) is 10.4. The maximum atomic E-state index is 6.77. The van der Waals surface area contributed by atoms with Gasteiger partial charge in [0.25, 0.3) is 0 Å². The first-order valence-corrected chi connectivity index (χ1v) is 18.5. The van der Waals surface area contributed by atoms with Crippen molar-refractivity contribution in [2.45, 2.75) is 39.5 Å². The third-order valence-corrected chi connectivity index (χ3v) is 12.2. The van der Waals surface area contributed by atoms with Crippen LogP contribution in [-0.4, -0.2) is 8.80 Å². The zero-order chi connectivity index (χ0) is 34.3. The molecule has 13 aromatic rings. The maximum absolute atomic E-state index is 6.77. The number of fused-ring (bicyclic) bond motifs is 20. The molecule has 0 amide bonds. The van der Waals surface area contributed by atoms with E-state index in [4.69, 9.17) is 8.83 Å². The number of nitrogens with zero attached hydrogens (tertiary/aromatic N) is 2. The molecule has 0 aliphatic rings. The van der Waals surface area contributed by atoms with Crippen molar-refractivity contribution in [3.63, 3.8) is 0 Å². The quantitative estimate of drug-likeness (QED) is 0.184. The minimum atomic E-state index is 0.251. The molecule has 0 fully saturated rings. The van der Waals surface area contributed by atoms with Crippen molar-refractivity contribution in [2.24, 2.45) is 0 Å². The summed E-state index contributed by atoms with van der Waals surface area (Å²) in [5.41, 5.74) is 14.3. The van der Waals surface area contributed by atoms with E-state index in [9.17, 15) is 0 Å². The highest BCUT2D eigenvalue weighted by molar-refractivity contribution is 6.38. The fourth-order valence-electron chi connectivity index (χ4n) is 10.4. The molecular weight excluding hydrogens is 637 g/mol. The van der Waals surface area contributed by atoms with Crippen LogP contribution in [0.5, 0.6) is 0 Å². The largest absolute Gasteiger partial charge is 0.455 e. The molecule has 0 saturated heterocycles. The number of hydrogen-bond acceptors (Lipinski definition) is 2. The summed E-state index contributed by atoms with van der Waals surface area (Å²) >= 11 is 0. The Kier molecular flexibility index (Phi) is 4.73. The molecule has 4 heteroatoms. The predicted molar refractivity (Wildman–Crippen MR) is 218 cm³/mol. The molecule has 0 atom stereocenters. The van der Waals surface area contributed by atoms with Gasteiger partial charge in [-0.3, -0.25) is 0 Å². The molecule has 6 heterocycles. The Balaban J connectivity index is 1.41. The summed E-state index contributed by atoms with van der Waals surface area (Å²) < 4.78 is 18.7. The van der Waals surface area contributed by atoms with Gasteiger partial charge in [-0.25, -0.2) is 0 Å². The van der Waals surface area contributed by atoms with Crippen molar-refractivity contribution >= 4 is 120 Å². The van der Waals surface area contributed by atoms with Crippen LogP contribution in [0, 0.1) is 0 Å². The Labute approximate surface area is 296 Å². The van der Waals surface area contributed by atoms with Crippen molar-refractivity contribution < 1.29 is 8.83 Å². The second-order valence-corrected chi connectivity index (χ2v) is 15.5. The van der Waals surface area contributed by atoms with Gasteiger partial charge in [-0.05, 0) is 59.4 Å². The molecule has 0 aliphatic carbocycles. The molecule has 4 nitrogen and oxygen atoms in total. The summed E-state index contributed by atoms with van der Waals surface area (Å²) in [4.78, 5) is 0. The van der Waals surface area contributed by atoms with Gasteiger partial charge in [0.05, 0.1) is 43.9 Å². The van der Waals surface area contributed by atoms with Crippen LogP contribution in [0.3, 0.4) is 0 Å². The van der Waals surface area contributed by atoms with Crippen molar-refractivity contribution in [2.75, 3.05) is 0 Å². The summed E-state index contributed by atoms with van der Waals surface area (Å²) in [7, 11) is 0. The van der Waals surface area contributed by atoms with Crippen molar-refractivity contribution in [1.29, 1.82) is 0 Å². The Morgan fingerprint density at radius 2 is 0.769 bits per heavy atom. The van der Waals surface area contributed by atoms with E-state index >= 15 is 0 Å². The molecule has 13 rings (SSSR count). The van der Waals surface area contributed by atoms with Crippen LogP contribution in [0.15, 0.2) is 118 Å². The highest BCUT2D eigenvalue weighted by Crippen LogP contribution is 2.54. The van der Waals surface area contributed by atoms with Gasteiger partial charge >= 0.3 is 0 Å². The van der Waals surface area contributed by atoms with Gasteiger partial charge in [-0.15, -0.1) is 0 Å². The van der Waals surface area contributed by atoms with E-state index in [-0.39, 0.29) is 11.8 Å². The van der Waals surface area contributed by atoms with Crippen LogP contribution in [0.1, 0.15) is 50.7 Å². The van der Waals surface area contributed by atoms with Crippen molar-refractivity contribution in [3.05, 3.63) is 120 Å². The molecule has 0 saturated carbocycles. The molecule has 246 valence electrons. The van der Waals surface area contributed by atoms with E-state index in [1.54, 1.807) is 0 Å². The van der Waals surface area contributed by atoms with Gasteiger partial charge in [-0.1, -0.05) is 100 Å². The summed E-state index contributed by atoms with van der Waals surface area (Å²) in [5, 5.41) is 14.9. The van der Waals surface area contributed by atoms with Crippen LogP contribution in [-0.2, 0) is 0 Å². The van der Waals surface area contributed by atoms with E-state index in [0.29, 0.717) is 0 Å².